The van der Waals surface area contributed by atoms with Crippen molar-refractivity contribution in [2.75, 3.05) is 0 Å². The van der Waals surface area contributed by atoms with Crippen LogP contribution in [0.2, 0.25) is 0 Å². The van der Waals surface area contributed by atoms with Crippen LogP contribution < -0.4 is 0 Å². The highest BCUT2D eigenvalue weighted by Gasteiger charge is 2.05. The van der Waals surface area contributed by atoms with E-state index in [1.54, 1.807) is 0 Å². The fourth-order valence-electron chi connectivity index (χ4n) is 1.72. The van der Waals surface area contributed by atoms with Gasteiger partial charge in [0, 0.05) is 11.8 Å². The first-order chi connectivity index (χ1) is 7.33. The molecule has 0 atom stereocenters. The number of aryl methyl sites for hydroxylation is 1. The molecule has 0 amide bonds. The molecule has 0 radical (unpaired) electrons. The normalized spacial score (nSPS) is 9.93. The molecule has 0 saturated heterocycles. The van der Waals surface area contributed by atoms with Crippen LogP contribution in [0.3, 0.4) is 0 Å². The van der Waals surface area contributed by atoms with Crippen molar-refractivity contribution in [3.8, 4) is 11.3 Å². The van der Waals surface area contributed by atoms with Gasteiger partial charge in [0.2, 0.25) is 0 Å². The Balaban J connectivity index is 2.66. The maximum absolute atomic E-state index is 4.37. The van der Waals surface area contributed by atoms with Crippen LogP contribution in [-0.2, 0) is 0 Å². The molecular weight excluding hydrogens is 182 g/mol. The Labute approximate surface area is 90.1 Å². The van der Waals surface area contributed by atoms with Gasteiger partial charge in [-0.1, -0.05) is 36.9 Å². The Morgan fingerprint density at radius 1 is 1.13 bits per heavy atom. The lowest BCUT2D eigenvalue weighted by atomic mass is 9.99. The van der Waals surface area contributed by atoms with Crippen molar-refractivity contribution in [2.45, 2.75) is 6.92 Å². The van der Waals surface area contributed by atoms with E-state index in [1.165, 1.54) is 11.1 Å². The Morgan fingerprint density at radius 3 is 2.67 bits per heavy atom. The smallest absolute Gasteiger partial charge is 0.0710 e. The minimum Gasteiger partial charge on any atom is -0.256 e. The number of rotatable bonds is 2. The van der Waals surface area contributed by atoms with Crippen molar-refractivity contribution in [2.24, 2.45) is 0 Å². The lowest BCUT2D eigenvalue weighted by molar-refractivity contribution is 1.30. The van der Waals surface area contributed by atoms with Gasteiger partial charge >= 0.3 is 0 Å². The third kappa shape index (κ3) is 1.82. The summed E-state index contributed by atoms with van der Waals surface area (Å²) in [7, 11) is 0. The summed E-state index contributed by atoms with van der Waals surface area (Å²) in [6.07, 6.45) is 3.69. The Hall–Kier alpha value is -1.89. The van der Waals surface area contributed by atoms with E-state index in [2.05, 4.69) is 30.6 Å². The number of aromatic nitrogens is 1. The molecule has 1 heterocycles. The molecule has 2 aromatic rings. The second-order valence-electron chi connectivity index (χ2n) is 3.46. The van der Waals surface area contributed by atoms with E-state index in [1.807, 2.05) is 36.5 Å². The number of benzene rings is 1. The molecule has 15 heavy (non-hydrogen) atoms. The van der Waals surface area contributed by atoms with Crippen LogP contribution in [0.25, 0.3) is 17.3 Å². The molecule has 0 aliphatic rings. The monoisotopic (exact) mass is 195 g/mol. The molecule has 2 rings (SSSR count). The first-order valence-electron chi connectivity index (χ1n) is 4.96. The lowest BCUT2D eigenvalue weighted by Crippen LogP contribution is -1.89. The molecule has 0 aliphatic carbocycles. The number of hydrogen-bond donors (Lipinski definition) is 0. The van der Waals surface area contributed by atoms with E-state index in [-0.39, 0.29) is 0 Å². The average Bonchev–Trinajstić information content (AvgIpc) is 2.29. The van der Waals surface area contributed by atoms with Crippen molar-refractivity contribution in [1.82, 2.24) is 4.98 Å². The highest BCUT2D eigenvalue weighted by atomic mass is 14.7. The Morgan fingerprint density at radius 2 is 2.00 bits per heavy atom. The summed E-state index contributed by atoms with van der Waals surface area (Å²) in [5.41, 5.74) is 4.54. The molecule has 0 unspecified atom stereocenters. The van der Waals surface area contributed by atoms with Crippen molar-refractivity contribution < 1.29 is 0 Å². The zero-order valence-electron chi connectivity index (χ0n) is 8.77. The summed E-state index contributed by atoms with van der Waals surface area (Å²) in [6.45, 7) is 5.92. The molecular formula is C14H13N. The van der Waals surface area contributed by atoms with E-state index < -0.39 is 0 Å². The van der Waals surface area contributed by atoms with E-state index in [0.29, 0.717) is 0 Å². The maximum atomic E-state index is 4.37. The first-order valence-corrected chi connectivity index (χ1v) is 4.96. The predicted molar refractivity (Wildman–Crippen MR) is 64.5 cm³/mol. The van der Waals surface area contributed by atoms with Crippen molar-refractivity contribution in [1.29, 1.82) is 0 Å². The fourth-order valence-corrected chi connectivity index (χ4v) is 1.72. The average molecular weight is 195 g/mol. The zero-order chi connectivity index (χ0) is 10.7. The minimum absolute atomic E-state index is 1.01. The molecule has 0 saturated carbocycles. The molecule has 0 aliphatic heterocycles. The van der Waals surface area contributed by atoms with Gasteiger partial charge in [0.15, 0.2) is 0 Å². The summed E-state index contributed by atoms with van der Waals surface area (Å²) in [6, 6.07) is 12.1. The molecule has 0 N–H and O–H groups in total. The molecule has 1 aromatic heterocycles. The fraction of sp³-hybridized carbons (Fsp3) is 0.0714. The van der Waals surface area contributed by atoms with Crippen LogP contribution in [0.4, 0.5) is 0 Å². The van der Waals surface area contributed by atoms with Gasteiger partial charge in [-0.2, -0.15) is 0 Å². The summed E-state index contributed by atoms with van der Waals surface area (Å²) in [4.78, 5) is 4.37. The van der Waals surface area contributed by atoms with E-state index >= 15 is 0 Å². The highest BCUT2D eigenvalue weighted by molar-refractivity contribution is 5.75. The maximum Gasteiger partial charge on any atom is 0.0710 e. The topological polar surface area (TPSA) is 12.9 Å². The van der Waals surface area contributed by atoms with E-state index in [0.717, 1.165) is 11.3 Å². The van der Waals surface area contributed by atoms with Crippen molar-refractivity contribution in [3.05, 3.63) is 60.3 Å². The SMILES string of the molecule is C=Cc1cccc(C)c1-c1ccccn1. The summed E-state index contributed by atoms with van der Waals surface area (Å²) < 4.78 is 0. The zero-order valence-corrected chi connectivity index (χ0v) is 8.77. The van der Waals surface area contributed by atoms with Gasteiger partial charge in [-0.05, 0) is 30.2 Å². The number of nitrogens with zero attached hydrogens (tertiary/aromatic N) is 1. The van der Waals surface area contributed by atoms with Crippen LogP contribution in [-0.4, -0.2) is 4.98 Å². The molecule has 0 spiro atoms. The third-order valence-electron chi connectivity index (χ3n) is 2.45. The van der Waals surface area contributed by atoms with Crippen molar-refractivity contribution >= 4 is 6.08 Å². The summed E-state index contributed by atoms with van der Waals surface area (Å²) in [5, 5.41) is 0. The van der Waals surface area contributed by atoms with E-state index in [9.17, 15) is 0 Å². The van der Waals surface area contributed by atoms with Crippen LogP contribution in [0.5, 0.6) is 0 Å². The van der Waals surface area contributed by atoms with Crippen LogP contribution in [0.1, 0.15) is 11.1 Å². The summed E-state index contributed by atoms with van der Waals surface area (Å²) >= 11 is 0. The second-order valence-corrected chi connectivity index (χ2v) is 3.46. The van der Waals surface area contributed by atoms with Crippen LogP contribution in [0, 0.1) is 6.92 Å². The standard InChI is InChI=1S/C14H13N/c1-3-12-8-6-7-11(2)14(12)13-9-4-5-10-15-13/h3-10H,1H2,2H3. The first kappa shape index (κ1) is 9.66. The lowest BCUT2D eigenvalue weighted by Gasteiger charge is -2.08. The largest absolute Gasteiger partial charge is 0.256 e. The van der Waals surface area contributed by atoms with Crippen molar-refractivity contribution in [3.63, 3.8) is 0 Å². The summed E-state index contributed by atoms with van der Waals surface area (Å²) in [5.74, 6) is 0. The van der Waals surface area contributed by atoms with Crippen LogP contribution in [0.15, 0.2) is 49.2 Å². The van der Waals surface area contributed by atoms with Crippen LogP contribution >= 0.6 is 0 Å². The molecule has 0 bridgehead atoms. The molecule has 1 aromatic carbocycles. The molecule has 1 nitrogen and oxygen atoms in total. The van der Waals surface area contributed by atoms with Gasteiger partial charge in [-0.25, -0.2) is 0 Å². The van der Waals surface area contributed by atoms with Gasteiger partial charge in [-0.15, -0.1) is 0 Å². The molecule has 74 valence electrons. The molecule has 0 fully saturated rings. The second kappa shape index (κ2) is 4.09. The minimum atomic E-state index is 1.01. The van der Waals surface area contributed by atoms with Gasteiger partial charge < -0.3 is 0 Å². The third-order valence-corrected chi connectivity index (χ3v) is 2.45. The predicted octanol–water partition coefficient (Wildman–Crippen LogP) is 3.70. The Kier molecular flexibility index (Phi) is 2.64. The molecule has 1 heteroatoms. The van der Waals surface area contributed by atoms with Gasteiger partial charge in [0.1, 0.15) is 0 Å². The highest BCUT2D eigenvalue weighted by Crippen LogP contribution is 2.26. The van der Waals surface area contributed by atoms with Gasteiger partial charge in [-0.3, -0.25) is 4.98 Å². The Bertz CT molecular complexity index is 472. The van der Waals surface area contributed by atoms with Gasteiger partial charge in [0.05, 0.1) is 5.69 Å². The van der Waals surface area contributed by atoms with Gasteiger partial charge in [0.25, 0.3) is 0 Å². The quantitative estimate of drug-likeness (QED) is 0.712. The van der Waals surface area contributed by atoms with E-state index in [4.69, 9.17) is 0 Å². The number of hydrogen-bond acceptors (Lipinski definition) is 1. The number of pyridine rings is 1.